The summed E-state index contributed by atoms with van der Waals surface area (Å²) < 4.78 is 0. The van der Waals surface area contributed by atoms with Crippen molar-refractivity contribution >= 4 is 39.7 Å². The van der Waals surface area contributed by atoms with Crippen LogP contribution < -0.4 is 5.32 Å². The molecule has 0 aliphatic rings. The zero-order chi connectivity index (χ0) is 12.3. The maximum atomic E-state index is 11.6. The highest BCUT2D eigenvalue weighted by atomic mass is 32.1. The first-order valence-electron chi connectivity index (χ1n) is 4.54. The Morgan fingerprint density at radius 2 is 2.24 bits per heavy atom. The molecule has 0 saturated heterocycles. The number of anilines is 1. The van der Waals surface area contributed by atoms with Crippen molar-refractivity contribution in [2.24, 2.45) is 0 Å². The molecule has 17 heavy (non-hydrogen) atoms. The lowest BCUT2D eigenvalue weighted by atomic mass is 10.4. The molecule has 6 nitrogen and oxygen atoms in total. The predicted molar refractivity (Wildman–Crippen MR) is 63.5 cm³/mol. The molecule has 0 aliphatic carbocycles. The Morgan fingerprint density at radius 1 is 1.41 bits per heavy atom. The summed E-state index contributed by atoms with van der Waals surface area (Å²) in [6, 6.07) is 3.47. The second-order valence-corrected chi connectivity index (χ2v) is 5.01. The van der Waals surface area contributed by atoms with E-state index in [1.165, 1.54) is 11.3 Å². The molecule has 0 aromatic carbocycles. The summed E-state index contributed by atoms with van der Waals surface area (Å²) >= 11 is 2.37. The van der Waals surface area contributed by atoms with Gasteiger partial charge in [0.2, 0.25) is 5.13 Å². The quantitative estimate of drug-likeness (QED) is 0.877. The van der Waals surface area contributed by atoms with Crippen LogP contribution in [0, 0.1) is 0 Å². The van der Waals surface area contributed by atoms with Crippen molar-refractivity contribution in [2.45, 2.75) is 6.42 Å². The lowest BCUT2D eigenvalue weighted by Gasteiger charge is -1.96. The van der Waals surface area contributed by atoms with E-state index < -0.39 is 5.97 Å². The van der Waals surface area contributed by atoms with Gasteiger partial charge in [-0.05, 0) is 11.4 Å². The van der Waals surface area contributed by atoms with Gasteiger partial charge in [-0.2, -0.15) is 0 Å². The lowest BCUT2D eigenvalue weighted by Crippen LogP contribution is -2.09. The van der Waals surface area contributed by atoms with Crippen molar-refractivity contribution in [3.8, 4) is 0 Å². The fourth-order valence-electron chi connectivity index (χ4n) is 1.07. The van der Waals surface area contributed by atoms with Crippen molar-refractivity contribution in [3.63, 3.8) is 0 Å². The summed E-state index contributed by atoms with van der Waals surface area (Å²) in [7, 11) is 0. The number of nitrogens with zero attached hydrogens (tertiary/aromatic N) is 2. The van der Waals surface area contributed by atoms with Crippen LogP contribution in [0.1, 0.15) is 14.7 Å². The van der Waals surface area contributed by atoms with E-state index in [0.29, 0.717) is 15.0 Å². The summed E-state index contributed by atoms with van der Waals surface area (Å²) in [6.45, 7) is 0. The fourth-order valence-corrected chi connectivity index (χ4v) is 2.42. The minimum atomic E-state index is -0.975. The number of amides is 1. The smallest absolute Gasteiger partial charge is 0.310 e. The van der Waals surface area contributed by atoms with Crippen LogP contribution in [0.2, 0.25) is 0 Å². The van der Waals surface area contributed by atoms with Gasteiger partial charge in [-0.3, -0.25) is 14.9 Å². The molecule has 0 spiro atoms. The Labute approximate surface area is 104 Å². The zero-order valence-corrected chi connectivity index (χ0v) is 10.0. The van der Waals surface area contributed by atoms with Crippen LogP contribution in [0.15, 0.2) is 17.5 Å². The van der Waals surface area contributed by atoms with Gasteiger partial charge in [-0.25, -0.2) is 0 Å². The second-order valence-electron chi connectivity index (χ2n) is 3.00. The zero-order valence-electron chi connectivity index (χ0n) is 8.41. The van der Waals surface area contributed by atoms with Gasteiger partial charge in [0.05, 0.1) is 11.3 Å². The molecule has 2 N–H and O–H groups in total. The van der Waals surface area contributed by atoms with Crippen LogP contribution in [0.3, 0.4) is 0 Å². The summed E-state index contributed by atoms with van der Waals surface area (Å²) in [4.78, 5) is 22.6. The molecule has 0 saturated carbocycles. The first-order chi connectivity index (χ1) is 8.15. The fraction of sp³-hybridized carbons (Fsp3) is 0.111. The Balaban J connectivity index is 2.02. The molecule has 2 aromatic heterocycles. The third-order valence-corrected chi connectivity index (χ3v) is 3.44. The monoisotopic (exact) mass is 269 g/mol. The number of thiophene rings is 1. The predicted octanol–water partition coefficient (Wildman–Crippen LogP) is 1.48. The minimum absolute atomic E-state index is 0.188. The molecule has 0 bridgehead atoms. The van der Waals surface area contributed by atoms with E-state index in [4.69, 9.17) is 5.11 Å². The van der Waals surface area contributed by atoms with Crippen molar-refractivity contribution in [1.82, 2.24) is 10.2 Å². The lowest BCUT2D eigenvalue weighted by molar-refractivity contribution is -0.136. The third kappa shape index (κ3) is 3.08. The van der Waals surface area contributed by atoms with Gasteiger partial charge in [0.15, 0.2) is 0 Å². The van der Waals surface area contributed by atoms with E-state index in [1.54, 1.807) is 17.5 Å². The number of hydrogen-bond acceptors (Lipinski definition) is 6. The van der Waals surface area contributed by atoms with Crippen LogP contribution in [-0.2, 0) is 11.2 Å². The molecule has 0 aliphatic heterocycles. The first-order valence-corrected chi connectivity index (χ1v) is 6.24. The highest BCUT2D eigenvalue weighted by molar-refractivity contribution is 7.15. The SMILES string of the molecule is O=C(O)Cc1nnc(NC(=O)c2cccs2)s1. The van der Waals surface area contributed by atoms with Crippen molar-refractivity contribution in [2.75, 3.05) is 5.32 Å². The summed E-state index contributed by atoms with van der Waals surface area (Å²) in [6.07, 6.45) is -0.188. The molecule has 2 rings (SSSR count). The van der Waals surface area contributed by atoms with Crippen LogP contribution in [-0.4, -0.2) is 27.2 Å². The van der Waals surface area contributed by atoms with Crippen LogP contribution in [0.25, 0.3) is 0 Å². The number of rotatable bonds is 4. The summed E-state index contributed by atoms with van der Waals surface area (Å²) in [5, 5.41) is 20.9. The molecule has 2 aromatic rings. The summed E-state index contributed by atoms with van der Waals surface area (Å²) in [5.74, 6) is -1.24. The molecule has 8 heteroatoms. The van der Waals surface area contributed by atoms with Gasteiger partial charge in [0.1, 0.15) is 5.01 Å². The van der Waals surface area contributed by atoms with E-state index in [0.717, 1.165) is 11.3 Å². The van der Waals surface area contributed by atoms with Gasteiger partial charge in [-0.15, -0.1) is 21.5 Å². The van der Waals surface area contributed by atoms with Crippen LogP contribution in [0.4, 0.5) is 5.13 Å². The molecule has 0 radical (unpaired) electrons. The number of aliphatic carboxylic acids is 1. The second kappa shape index (κ2) is 5.02. The van der Waals surface area contributed by atoms with E-state index in [-0.39, 0.29) is 12.3 Å². The van der Waals surface area contributed by atoms with Gasteiger partial charge in [0.25, 0.3) is 5.91 Å². The van der Waals surface area contributed by atoms with Crippen LogP contribution >= 0.6 is 22.7 Å². The molecular formula is C9H7N3O3S2. The minimum Gasteiger partial charge on any atom is -0.481 e. The first kappa shape index (κ1) is 11.7. The van der Waals surface area contributed by atoms with Gasteiger partial charge < -0.3 is 5.11 Å². The highest BCUT2D eigenvalue weighted by Crippen LogP contribution is 2.18. The molecule has 88 valence electrons. The Morgan fingerprint density at radius 3 is 2.88 bits per heavy atom. The largest absolute Gasteiger partial charge is 0.481 e. The van der Waals surface area contributed by atoms with Crippen molar-refractivity contribution in [1.29, 1.82) is 0 Å². The van der Waals surface area contributed by atoms with Gasteiger partial charge in [-0.1, -0.05) is 17.4 Å². The average Bonchev–Trinajstić information content (AvgIpc) is 2.87. The number of hydrogen-bond donors (Lipinski definition) is 2. The Kier molecular flexibility index (Phi) is 3.45. The maximum Gasteiger partial charge on any atom is 0.310 e. The van der Waals surface area contributed by atoms with E-state index in [9.17, 15) is 9.59 Å². The maximum absolute atomic E-state index is 11.6. The van der Waals surface area contributed by atoms with Crippen LogP contribution in [0.5, 0.6) is 0 Å². The number of carbonyl (C=O) groups excluding carboxylic acids is 1. The van der Waals surface area contributed by atoms with Gasteiger partial charge in [0, 0.05) is 0 Å². The molecule has 0 unspecified atom stereocenters. The number of carbonyl (C=O) groups is 2. The van der Waals surface area contributed by atoms with E-state index >= 15 is 0 Å². The molecular weight excluding hydrogens is 262 g/mol. The number of aromatic nitrogens is 2. The third-order valence-electron chi connectivity index (χ3n) is 1.73. The number of carboxylic acids is 1. The van der Waals surface area contributed by atoms with E-state index in [2.05, 4.69) is 15.5 Å². The Hall–Kier alpha value is -1.80. The average molecular weight is 269 g/mol. The molecule has 0 fully saturated rings. The van der Waals surface area contributed by atoms with Crippen molar-refractivity contribution < 1.29 is 14.7 Å². The molecule has 1 amide bonds. The number of nitrogens with one attached hydrogen (secondary N) is 1. The Bertz CT molecular complexity index is 535. The topological polar surface area (TPSA) is 92.2 Å². The highest BCUT2D eigenvalue weighted by Gasteiger charge is 2.12. The molecule has 0 atom stereocenters. The van der Waals surface area contributed by atoms with Crippen molar-refractivity contribution in [3.05, 3.63) is 27.4 Å². The van der Waals surface area contributed by atoms with Gasteiger partial charge >= 0.3 is 5.97 Å². The van der Waals surface area contributed by atoms with E-state index in [1.807, 2.05) is 0 Å². The number of carboxylic acid groups (broad SMARTS) is 1. The standard InChI is InChI=1S/C9H7N3O3S2/c13-7(14)4-6-11-12-9(17-6)10-8(15)5-2-1-3-16-5/h1-3H,4H2,(H,13,14)(H,10,12,15). The normalized spacial score (nSPS) is 10.1. The molecule has 2 heterocycles. The summed E-state index contributed by atoms with van der Waals surface area (Å²) in [5.41, 5.74) is 0.